The summed E-state index contributed by atoms with van der Waals surface area (Å²) in [5, 5.41) is 3.32. The van der Waals surface area contributed by atoms with E-state index in [1.807, 2.05) is 13.1 Å². The minimum absolute atomic E-state index is 0.134. The van der Waals surface area contributed by atoms with Crippen molar-refractivity contribution < 1.29 is 4.39 Å². The molecule has 1 N–H and O–H groups in total. The second kappa shape index (κ2) is 6.49. The quantitative estimate of drug-likeness (QED) is 0.814. The Hall–Kier alpha value is -0.930. The Morgan fingerprint density at radius 2 is 2.16 bits per heavy atom. The van der Waals surface area contributed by atoms with Crippen LogP contribution in [0.3, 0.4) is 0 Å². The van der Waals surface area contributed by atoms with Crippen LogP contribution in [0, 0.1) is 11.2 Å². The summed E-state index contributed by atoms with van der Waals surface area (Å²) < 4.78 is 13.1. The fourth-order valence-corrected chi connectivity index (χ4v) is 3.11. The maximum atomic E-state index is 13.1. The predicted octanol–water partition coefficient (Wildman–Crippen LogP) is 2.69. The number of rotatable bonds is 7. The van der Waals surface area contributed by atoms with Crippen LogP contribution in [0.15, 0.2) is 24.3 Å². The smallest absolute Gasteiger partial charge is 0.123 e. The second-order valence-corrected chi connectivity index (χ2v) is 6.00. The third kappa shape index (κ3) is 4.02. The van der Waals surface area contributed by atoms with Crippen LogP contribution in [-0.2, 0) is 6.42 Å². The van der Waals surface area contributed by atoms with Gasteiger partial charge in [0.15, 0.2) is 0 Å². The standard InChI is InChI=1S/C16H25FN2/c1-18-12-16(8-4-9-16)13-19(2)10-7-14-5-3-6-15(17)11-14/h3,5-6,11,18H,4,7-10,12-13H2,1-2H3. The van der Waals surface area contributed by atoms with Crippen LogP contribution in [0.2, 0.25) is 0 Å². The highest BCUT2D eigenvalue weighted by molar-refractivity contribution is 5.16. The molecule has 0 spiro atoms. The molecule has 3 heteroatoms. The van der Waals surface area contributed by atoms with E-state index in [4.69, 9.17) is 0 Å². The maximum Gasteiger partial charge on any atom is 0.123 e. The monoisotopic (exact) mass is 264 g/mol. The van der Waals surface area contributed by atoms with Crippen molar-refractivity contribution in [2.45, 2.75) is 25.7 Å². The molecule has 0 aliphatic heterocycles. The number of halogens is 1. The number of nitrogens with zero attached hydrogens (tertiary/aromatic N) is 1. The fraction of sp³-hybridized carbons (Fsp3) is 0.625. The zero-order chi connectivity index (χ0) is 13.7. The molecule has 0 bridgehead atoms. The van der Waals surface area contributed by atoms with E-state index in [-0.39, 0.29) is 5.82 Å². The average molecular weight is 264 g/mol. The lowest BCUT2D eigenvalue weighted by molar-refractivity contribution is 0.0803. The van der Waals surface area contributed by atoms with E-state index in [0.717, 1.165) is 31.6 Å². The number of hydrogen-bond acceptors (Lipinski definition) is 2. The van der Waals surface area contributed by atoms with Crippen molar-refractivity contribution in [3.8, 4) is 0 Å². The molecule has 0 radical (unpaired) electrons. The van der Waals surface area contributed by atoms with Gasteiger partial charge < -0.3 is 10.2 Å². The number of benzene rings is 1. The molecule has 1 aliphatic rings. The Balaban J connectivity index is 1.79. The van der Waals surface area contributed by atoms with Crippen molar-refractivity contribution in [3.63, 3.8) is 0 Å². The topological polar surface area (TPSA) is 15.3 Å². The van der Waals surface area contributed by atoms with Gasteiger partial charge in [-0.3, -0.25) is 0 Å². The van der Waals surface area contributed by atoms with Gasteiger partial charge in [0.05, 0.1) is 0 Å². The molecule has 0 saturated heterocycles. The largest absolute Gasteiger partial charge is 0.319 e. The summed E-state index contributed by atoms with van der Waals surface area (Å²) in [6.07, 6.45) is 4.94. The zero-order valence-corrected chi connectivity index (χ0v) is 12.1. The minimum atomic E-state index is -0.134. The molecule has 106 valence electrons. The van der Waals surface area contributed by atoms with Crippen LogP contribution in [0.25, 0.3) is 0 Å². The van der Waals surface area contributed by atoms with Crippen molar-refractivity contribution in [2.75, 3.05) is 33.7 Å². The van der Waals surface area contributed by atoms with Crippen LogP contribution >= 0.6 is 0 Å². The summed E-state index contributed by atoms with van der Waals surface area (Å²) in [5.41, 5.74) is 1.56. The van der Waals surface area contributed by atoms with Gasteiger partial charge in [0.2, 0.25) is 0 Å². The summed E-state index contributed by atoms with van der Waals surface area (Å²) >= 11 is 0. The number of likely N-dealkylation sites (N-methyl/N-ethyl adjacent to an activating group) is 1. The molecule has 0 heterocycles. The van der Waals surface area contributed by atoms with Crippen molar-refractivity contribution in [1.29, 1.82) is 0 Å². The molecule has 0 aromatic heterocycles. The summed E-state index contributed by atoms with van der Waals surface area (Å²) in [7, 11) is 4.21. The Labute approximate surface area is 116 Å². The number of hydrogen-bond donors (Lipinski definition) is 1. The Kier molecular flexibility index (Phi) is 4.94. The first kappa shape index (κ1) is 14.5. The highest BCUT2D eigenvalue weighted by Crippen LogP contribution is 2.40. The lowest BCUT2D eigenvalue weighted by atomic mass is 9.68. The highest BCUT2D eigenvalue weighted by atomic mass is 19.1. The molecular weight excluding hydrogens is 239 g/mol. The van der Waals surface area contributed by atoms with Gasteiger partial charge in [0, 0.05) is 19.6 Å². The molecule has 1 aliphatic carbocycles. The first-order valence-electron chi connectivity index (χ1n) is 7.21. The van der Waals surface area contributed by atoms with Crippen LogP contribution < -0.4 is 5.32 Å². The van der Waals surface area contributed by atoms with Gasteiger partial charge in [-0.1, -0.05) is 18.6 Å². The van der Waals surface area contributed by atoms with E-state index < -0.39 is 0 Å². The van der Waals surface area contributed by atoms with Crippen molar-refractivity contribution >= 4 is 0 Å². The molecule has 2 nitrogen and oxygen atoms in total. The molecule has 1 saturated carbocycles. The van der Waals surface area contributed by atoms with Crippen LogP contribution in [-0.4, -0.2) is 38.6 Å². The van der Waals surface area contributed by atoms with E-state index in [0.29, 0.717) is 5.41 Å². The lowest BCUT2D eigenvalue weighted by Crippen LogP contribution is -2.47. The molecule has 1 aromatic carbocycles. The van der Waals surface area contributed by atoms with Gasteiger partial charge in [0.25, 0.3) is 0 Å². The Morgan fingerprint density at radius 1 is 1.37 bits per heavy atom. The fourth-order valence-electron chi connectivity index (χ4n) is 3.11. The molecule has 2 rings (SSSR count). The molecule has 19 heavy (non-hydrogen) atoms. The summed E-state index contributed by atoms with van der Waals surface area (Å²) in [4.78, 5) is 2.39. The van der Waals surface area contributed by atoms with Crippen LogP contribution in [0.4, 0.5) is 4.39 Å². The maximum absolute atomic E-state index is 13.1. The SMILES string of the molecule is CNCC1(CN(C)CCc2cccc(F)c2)CCC1. The third-order valence-electron chi connectivity index (χ3n) is 4.24. The highest BCUT2D eigenvalue weighted by Gasteiger charge is 2.36. The lowest BCUT2D eigenvalue weighted by Gasteiger charge is -2.44. The van der Waals surface area contributed by atoms with Gasteiger partial charge in [-0.15, -0.1) is 0 Å². The molecule has 0 atom stereocenters. The van der Waals surface area contributed by atoms with E-state index in [1.54, 1.807) is 12.1 Å². The normalized spacial score (nSPS) is 17.5. The van der Waals surface area contributed by atoms with Crippen molar-refractivity contribution in [2.24, 2.45) is 5.41 Å². The van der Waals surface area contributed by atoms with E-state index in [9.17, 15) is 4.39 Å². The summed E-state index contributed by atoms with van der Waals surface area (Å²) in [5.74, 6) is -0.134. The first-order chi connectivity index (χ1) is 9.13. The van der Waals surface area contributed by atoms with E-state index in [2.05, 4.69) is 17.3 Å². The first-order valence-corrected chi connectivity index (χ1v) is 7.21. The Morgan fingerprint density at radius 3 is 2.74 bits per heavy atom. The van der Waals surface area contributed by atoms with Crippen LogP contribution in [0.5, 0.6) is 0 Å². The molecule has 0 unspecified atom stereocenters. The third-order valence-corrected chi connectivity index (χ3v) is 4.24. The van der Waals surface area contributed by atoms with E-state index >= 15 is 0 Å². The zero-order valence-electron chi connectivity index (χ0n) is 12.1. The molecule has 1 fully saturated rings. The van der Waals surface area contributed by atoms with Gasteiger partial charge in [-0.05, 0) is 56.5 Å². The average Bonchev–Trinajstić information content (AvgIpc) is 2.34. The summed E-state index contributed by atoms with van der Waals surface area (Å²) in [6.45, 7) is 3.25. The summed E-state index contributed by atoms with van der Waals surface area (Å²) in [6, 6.07) is 6.94. The van der Waals surface area contributed by atoms with Crippen molar-refractivity contribution in [1.82, 2.24) is 10.2 Å². The number of nitrogens with one attached hydrogen (secondary N) is 1. The second-order valence-electron chi connectivity index (χ2n) is 6.00. The van der Waals surface area contributed by atoms with Crippen LogP contribution in [0.1, 0.15) is 24.8 Å². The van der Waals surface area contributed by atoms with Gasteiger partial charge in [-0.25, -0.2) is 4.39 Å². The predicted molar refractivity (Wildman–Crippen MR) is 77.8 cm³/mol. The minimum Gasteiger partial charge on any atom is -0.319 e. The molecule has 0 amide bonds. The van der Waals surface area contributed by atoms with Gasteiger partial charge in [0.1, 0.15) is 5.82 Å². The van der Waals surface area contributed by atoms with Gasteiger partial charge in [-0.2, -0.15) is 0 Å². The molecular formula is C16H25FN2. The Bertz CT molecular complexity index is 401. The van der Waals surface area contributed by atoms with Gasteiger partial charge >= 0.3 is 0 Å². The van der Waals surface area contributed by atoms with Crippen molar-refractivity contribution in [3.05, 3.63) is 35.6 Å². The molecule has 1 aromatic rings. The van der Waals surface area contributed by atoms with E-state index in [1.165, 1.54) is 25.3 Å².